The highest BCUT2D eigenvalue weighted by molar-refractivity contribution is 5.89. The summed E-state index contributed by atoms with van der Waals surface area (Å²) in [6.07, 6.45) is -5.87. The molecule has 0 radical (unpaired) electrons. The van der Waals surface area contributed by atoms with Crippen LogP contribution in [0.2, 0.25) is 0 Å². The zero-order valence-electron chi connectivity index (χ0n) is 29.8. The molecule has 14 nitrogen and oxygen atoms in total. The van der Waals surface area contributed by atoms with Crippen molar-refractivity contribution < 1.29 is 67.4 Å². The van der Waals surface area contributed by atoms with Crippen LogP contribution in [0, 0.1) is 0 Å². The molecule has 0 bridgehead atoms. The van der Waals surface area contributed by atoms with Crippen LogP contribution in [-0.4, -0.2) is 83.7 Å². The van der Waals surface area contributed by atoms with Crippen molar-refractivity contribution in [3.63, 3.8) is 0 Å². The summed E-state index contributed by atoms with van der Waals surface area (Å²) in [7, 11) is 0. The Hall–Kier alpha value is -6.70. The van der Waals surface area contributed by atoms with E-state index in [0.29, 0.717) is 11.5 Å². The van der Waals surface area contributed by atoms with Crippen LogP contribution in [0.3, 0.4) is 0 Å². The van der Waals surface area contributed by atoms with Gasteiger partial charge in [0.25, 0.3) is 0 Å². The number of rotatable bonds is 17. The lowest BCUT2D eigenvalue weighted by molar-refractivity contribution is -0.202. The van der Waals surface area contributed by atoms with Gasteiger partial charge in [-0.25, -0.2) is 9.59 Å². The predicted octanol–water partition coefficient (Wildman–Crippen LogP) is 5.60. The molecule has 282 valence electrons. The lowest BCUT2D eigenvalue weighted by atomic mass is 10.0. The number of carbonyl (C=O) groups excluding carboxylic acids is 4. The molecule has 0 heterocycles. The number of carboxylic acid groups (broad SMARTS) is 2. The van der Waals surface area contributed by atoms with E-state index in [1.165, 1.54) is 24.3 Å². The summed E-state index contributed by atoms with van der Waals surface area (Å²) >= 11 is 0. The first-order valence-corrected chi connectivity index (χ1v) is 16.5. The van der Waals surface area contributed by atoms with Crippen LogP contribution >= 0.6 is 0 Å². The second-order valence-electron chi connectivity index (χ2n) is 11.9. The molecule has 2 N–H and O–H groups in total. The van der Waals surface area contributed by atoms with Crippen molar-refractivity contribution in [3.8, 4) is 33.8 Å². The zero-order valence-corrected chi connectivity index (χ0v) is 29.8. The van der Waals surface area contributed by atoms with E-state index in [-0.39, 0.29) is 11.1 Å². The highest BCUT2D eigenvalue weighted by Gasteiger charge is 2.44. The fourth-order valence-corrected chi connectivity index (χ4v) is 5.36. The van der Waals surface area contributed by atoms with Crippen LogP contribution in [0.4, 0.5) is 0 Å². The van der Waals surface area contributed by atoms with E-state index >= 15 is 0 Å². The maximum absolute atomic E-state index is 12.4. The van der Waals surface area contributed by atoms with E-state index in [1.54, 1.807) is 72.8 Å². The minimum Gasteiger partial charge on any atom is -0.490 e. The maximum atomic E-state index is 12.4. The molecule has 0 aliphatic heterocycles. The van der Waals surface area contributed by atoms with Crippen LogP contribution in [0.15, 0.2) is 97.1 Å². The number of carbonyl (C=O) groups is 6. The molecule has 0 saturated heterocycles. The number of hydrogen-bond donors (Lipinski definition) is 2. The van der Waals surface area contributed by atoms with Gasteiger partial charge >= 0.3 is 35.8 Å². The van der Waals surface area contributed by atoms with Crippen LogP contribution in [0.1, 0.15) is 48.4 Å². The maximum Gasteiger partial charge on any atom is 0.335 e. The molecule has 14 heteroatoms. The Labute approximate surface area is 310 Å². The van der Waals surface area contributed by atoms with Gasteiger partial charge in [0.2, 0.25) is 0 Å². The van der Waals surface area contributed by atoms with Crippen molar-refractivity contribution in [1.29, 1.82) is 0 Å². The minimum atomic E-state index is -1.55. The summed E-state index contributed by atoms with van der Waals surface area (Å²) in [6, 6.07) is 26.0. The van der Waals surface area contributed by atoms with Crippen molar-refractivity contribution in [2.75, 3.05) is 13.2 Å². The number of carboxylic acids is 2. The zero-order chi connectivity index (χ0) is 39.4. The smallest absolute Gasteiger partial charge is 0.335 e. The Kier molecular flexibility index (Phi) is 13.9. The molecule has 4 aromatic carbocycles. The van der Waals surface area contributed by atoms with Gasteiger partial charge in [0.15, 0.2) is 24.4 Å². The van der Waals surface area contributed by atoms with Gasteiger partial charge < -0.3 is 38.6 Å². The molecule has 0 spiro atoms. The average Bonchev–Trinajstić information content (AvgIpc) is 3.13. The fourth-order valence-electron chi connectivity index (χ4n) is 5.36. The van der Waals surface area contributed by atoms with Gasteiger partial charge in [-0.2, -0.15) is 0 Å². The molecular formula is C40H38O14. The molecule has 4 aromatic rings. The summed E-state index contributed by atoms with van der Waals surface area (Å²) < 4.78 is 34.0. The van der Waals surface area contributed by atoms with Crippen LogP contribution in [0.25, 0.3) is 22.3 Å². The molecule has 0 saturated carbocycles. The van der Waals surface area contributed by atoms with Crippen LogP contribution < -0.4 is 9.47 Å². The third-order valence-corrected chi connectivity index (χ3v) is 7.76. The van der Waals surface area contributed by atoms with E-state index in [2.05, 4.69) is 0 Å². The second-order valence-corrected chi connectivity index (χ2v) is 11.9. The van der Waals surface area contributed by atoms with Crippen LogP contribution in [-0.2, 0) is 38.1 Å². The molecule has 4 atom stereocenters. The van der Waals surface area contributed by atoms with Gasteiger partial charge in [0.1, 0.15) is 24.7 Å². The van der Waals surface area contributed by atoms with Crippen LogP contribution in [0.5, 0.6) is 11.5 Å². The normalized spacial score (nSPS) is 12.9. The van der Waals surface area contributed by atoms with Crippen molar-refractivity contribution in [3.05, 3.63) is 108 Å². The molecule has 0 aliphatic rings. The Morgan fingerprint density at radius 1 is 0.426 bits per heavy atom. The standard InChI is InChI=1S/C40H38O14/c1-23(41)51-35(21-49-33-17-13-29(14-18-33)27-5-9-31(10-6-27)39(45)46)37(53-25(3)43)38(54-26(4)44)36(52-24(2)42)22-50-34-19-15-30(16-20-34)28-7-11-32(12-8-28)40(47)48/h5-20,35-38H,21-22H2,1-4H3,(H,45,46)(H,47,48)/t35-,36+,37+,38-. The molecule has 4 rings (SSSR count). The largest absolute Gasteiger partial charge is 0.490 e. The van der Waals surface area contributed by atoms with Gasteiger partial charge in [0, 0.05) is 27.7 Å². The van der Waals surface area contributed by atoms with E-state index in [9.17, 15) is 28.8 Å². The first-order chi connectivity index (χ1) is 25.7. The lowest BCUT2D eigenvalue weighted by Crippen LogP contribution is -2.54. The quantitative estimate of drug-likeness (QED) is 0.100. The van der Waals surface area contributed by atoms with Gasteiger partial charge in [-0.1, -0.05) is 48.5 Å². The van der Waals surface area contributed by atoms with E-state index in [1.807, 2.05) is 0 Å². The van der Waals surface area contributed by atoms with E-state index < -0.39 is 73.4 Å². The van der Waals surface area contributed by atoms with Gasteiger partial charge in [-0.15, -0.1) is 0 Å². The summed E-state index contributed by atoms with van der Waals surface area (Å²) in [6.45, 7) is 3.65. The summed E-state index contributed by atoms with van der Waals surface area (Å²) in [5, 5.41) is 18.3. The highest BCUT2D eigenvalue weighted by atomic mass is 16.6. The van der Waals surface area contributed by atoms with E-state index in [0.717, 1.165) is 49.9 Å². The van der Waals surface area contributed by atoms with E-state index in [4.69, 9.17) is 38.6 Å². The summed E-state index contributed by atoms with van der Waals surface area (Å²) in [5.41, 5.74) is 3.32. The number of esters is 4. The molecule has 0 aliphatic carbocycles. The first-order valence-electron chi connectivity index (χ1n) is 16.5. The van der Waals surface area contributed by atoms with Crippen molar-refractivity contribution in [2.45, 2.75) is 52.1 Å². The third-order valence-electron chi connectivity index (χ3n) is 7.76. The first kappa shape index (κ1) is 40.1. The molecule has 0 amide bonds. The Morgan fingerprint density at radius 2 is 0.685 bits per heavy atom. The van der Waals surface area contributed by atoms with Gasteiger partial charge in [0.05, 0.1) is 11.1 Å². The molecule has 0 fully saturated rings. The molecular weight excluding hydrogens is 704 g/mol. The topological polar surface area (TPSA) is 198 Å². The van der Waals surface area contributed by atoms with Crippen molar-refractivity contribution >= 4 is 35.8 Å². The lowest BCUT2D eigenvalue weighted by Gasteiger charge is -2.35. The van der Waals surface area contributed by atoms with Crippen molar-refractivity contribution in [1.82, 2.24) is 0 Å². The molecule has 0 aromatic heterocycles. The fraction of sp³-hybridized carbons (Fsp3) is 0.250. The number of hydrogen-bond acceptors (Lipinski definition) is 12. The third kappa shape index (κ3) is 11.7. The predicted molar refractivity (Wildman–Crippen MR) is 191 cm³/mol. The monoisotopic (exact) mass is 742 g/mol. The van der Waals surface area contributed by atoms with Gasteiger partial charge in [-0.3, -0.25) is 19.2 Å². The molecule has 54 heavy (non-hydrogen) atoms. The summed E-state index contributed by atoms with van der Waals surface area (Å²) in [4.78, 5) is 71.8. The number of ether oxygens (including phenoxy) is 6. The minimum absolute atomic E-state index is 0.143. The number of aromatic carboxylic acids is 2. The number of benzene rings is 4. The average molecular weight is 743 g/mol. The Bertz CT molecular complexity index is 1790. The highest BCUT2D eigenvalue weighted by Crippen LogP contribution is 2.27. The Balaban J connectivity index is 1.56. The Morgan fingerprint density at radius 3 is 0.926 bits per heavy atom. The van der Waals surface area contributed by atoms with Gasteiger partial charge in [-0.05, 0) is 70.8 Å². The SMILES string of the molecule is CC(=O)O[C@H]([C@H](OC(C)=O)[C@H](COc1ccc(-c2ccc(C(=O)O)cc2)cc1)OC(C)=O)[C@@H](COc1ccc(-c2ccc(C(=O)O)cc2)cc1)OC(C)=O. The van der Waals surface area contributed by atoms with Crippen molar-refractivity contribution in [2.24, 2.45) is 0 Å². The summed E-state index contributed by atoms with van der Waals surface area (Å²) in [5.74, 6) is -4.66. The second kappa shape index (κ2) is 18.7. The molecule has 0 unspecified atom stereocenters.